The summed E-state index contributed by atoms with van der Waals surface area (Å²) in [6.45, 7) is 0. The molecule has 0 heterocycles. The number of carbonyl (C=O) groups excluding carboxylic acids is 1. The number of methoxy groups -OCH3 is 1. The maximum atomic E-state index is 13.0. The quantitative estimate of drug-likeness (QED) is 0.333. The number of amides is 1. The molecule has 1 amide bonds. The lowest BCUT2D eigenvalue weighted by molar-refractivity contribution is 0.0975. The van der Waals surface area contributed by atoms with Gasteiger partial charge in [-0.3, -0.25) is 10.1 Å². The molecule has 0 atom stereocenters. The second kappa shape index (κ2) is 8.30. The van der Waals surface area contributed by atoms with E-state index in [1.165, 1.54) is 7.11 Å². The third-order valence-corrected chi connectivity index (χ3v) is 5.76. The first kappa shape index (κ1) is 20.1. The first-order valence-electron chi connectivity index (χ1n) is 9.08. The van der Waals surface area contributed by atoms with Gasteiger partial charge < -0.3 is 15.2 Å². The number of benzene rings is 4. The van der Waals surface area contributed by atoms with E-state index < -0.39 is 0 Å². The van der Waals surface area contributed by atoms with Crippen LogP contribution in [0.2, 0.25) is 0 Å². The van der Waals surface area contributed by atoms with Crippen molar-refractivity contribution in [3.05, 3.63) is 76.8 Å². The molecule has 0 aromatic heterocycles. The molecule has 0 fully saturated rings. The molecule has 7 heteroatoms. The molecular weight excluding hydrogens is 464 g/mol. The molecule has 4 aromatic carbocycles. The lowest BCUT2D eigenvalue weighted by Gasteiger charge is -2.15. The Labute approximate surface area is 186 Å². The van der Waals surface area contributed by atoms with Gasteiger partial charge in [0.05, 0.1) is 17.1 Å². The van der Waals surface area contributed by atoms with Crippen LogP contribution < -0.4 is 15.4 Å². The lowest BCUT2D eigenvalue weighted by atomic mass is 10.1. The van der Waals surface area contributed by atoms with Crippen molar-refractivity contribution in [2.45, 2.75) is 0 Å². The number of nitrogens with one attached hydrogen (secondary N) is 2. The molecule has 0 radical (unpaired) electrons. The Morgan fingerprint density at radius 1 is 1.00 bits per heavy atom. The number of carbonyl (C=O) groups is 1. The first-order chi connectivity index (χ1) is 14.5. The molecular formula is C23H17BrN2O3S. The Morgan fingerprint density at radius 2 is 1.70 bits per heavy atom. The van der Waals surface area contributed by atoms with E-state index in [1.54, 1.807) is 24.3 Å². The van der Waals surface area contributed by atoms with E-state index in [0.717, 1.165) is 16.2 Å². The highest BCUT2D eigenvalue weighted by Gasteiger charge is 2.19. The van der Waals surface area contributed by atoms with Gasteiger partial charge in [-0.15, -0.1) is 0 Å². The second-order valence-electron chi connectivity index (χ2n) is 6.58. The third kappa shape index (κ3) is 3.69. The van der Waals surface area contributed by atoms with Crippen LogP contribution in [-0.2, 0) is 0 Å². The second-order valence-corrected chi connectivity index (χ2v) is 7.78. The van der Waals surface area contributed by atoms with Gasteiger partial charge >= 0.3 is 0 Å². The molecule has 150 valence electrons. The highest BCUT2D eigenvalue weighted by atomic mass is 79.9. The van der Waals surface area contributed by atoms with Crippen molar-refractivity contribution >= 4 is 66.4 Å². The van der Waals surface area contributed by atoms with Gasteiger partial charge in [-0.25, -0.2) is 0 Å². The van der Waals surface area contributed by atoms with Gasteiger partial charge in [-0.05, 0) is 57.1 Å². The number of aromatic hydroxyl groups is 1. The number of phenolic OH excluding ortho intramolecular Hbond substituents is 1. The Bertz CT molecular complexity index is 1310. The van der Waals surface area contributed by atoms with Gasteiger partial charge in [0.1, 0.15) is 11.5 Å². The summed E-state index contributed by atoms with van der Waals surface area (Å²) in [4.78, 5) is 13.0. The predicted octanol–water partition coefficient (Wildman–Crippen LogP) is 5.60. The number of fused-ring (bicyclic) bond motifs is 2. The average molecular weight is 481 g/mol. The number of hydrogen-bond acceptors (Lipinski definition) is 4. The number of hydrogen-bond donors (Lipinski definition) is 3. The van der Waals surface area contributed by atoms with Gasteiger partial charge in [-0.1, -0.05) is 48.5 Å². The standard InChI is InChI=1S/C23H17BrN2O3S/c1-29-21-17(12-13-6-2-3-7-14(13)20(21)24)22(28)26-23(30)25-18-10-4-9-16-15(18)8-5-11-19(16)27/h2-12,27H,1H3,(H2,25,26,28,30). The van der Waals surface area contributed by atoms with Crippen LogP contribution in [-0.4, -0.2) is 23.2 Å². The summed E-state index contributed by atoms with van der Waals surface area (Å²) < 4.78 is 6.18. The van der Waals surface area contributed by atoms with E-state index in [1.807, 2.05) is 42.5 Å². The molecule has 0 aliphatic carbocycles. The molecule has 3 N–H and O–H groups in total. The highest BCUT2D eigenvalue weighted by molar-refractivity contribution is 9.10. The molecule has 4 rings (SSSR count). The Balaban J connectivity index is 1.62. The van der Waals surface area contributed by atoms with Gasteiger partial charge in [0.25, 0.3) is 5.91 Å². The van der Waals surface area contributed by atoms with Gasteiger partial charge in [0.2, 0.25) is 0 Å². The number of rotatable bonds is 3. The molecule has 4 aromatic rings. The third-order valence-electron chi connectivity index (χ3n) is 4.76. The van der Waals surface area contributed by atoms with Crippen molar-refractivity contribution in [2.75, 3.05) is 12.4 Å². The van der Waals surface area contributed by atoms with Crippen LogP contribution in [0.15, 0.2) is 71.2 Å². The fraction of sp³-hybridized carbons (Fsp3) is 0.0435. The minimum atomic E-state index is -0.390. The monoisotopic (exact) mass is 480 g/mol. The maximum absolute atomic E-state index is 13.0. The van der Waals surface area contributed by atoms with E-state index in [-0.39, 0.29) is 16.8 Å². The van der Waals surface area contributed by atoms with E-state index in [2.05, 4.69) is 26.6 Å². The zero-order valence-electron chi connectivity index (χ0n) is 15.9. The smallest absolute Gasteiger partial charge is 0.261 e. The normalized spacial score (nSPS) is 10.7. The molecule has 0 unspecified atom stereocenters. The summed E-state index contributed by atoms with van der Waals surface area (Å²) in [5.41, 5.74) is 1.04. The van der Waals surface area contributed by atoms with Crippen molar-refractivity contribution in [1.29, 1.82) is 0 Å². The van der Waals surface area contributed by atoms with Crippen molar-refractivity contribution in [3.63, 3.8) is 0 Å². The molecule has 0 aliphatic heterocycles. The molecule has 30 heavy (non-hydrogen) atoms. The Morgan fingerprint density at radius 3 is 2.50 bits per heavy atom. The van der Waals surface area contributed by atoms with Crippen molar-refractivity contribution < 1.29 is 14.6 Å². The lowest BCUT2D eigenvalue weighted by Crippen LogP contribution is -2.34. The SMILES string of the molecule is COc1c(C(=O)NC(=S)Nc2cccc3c(O)cccc23)cc2ccccc2c1Br. The van der Waals surface area contributed by atoms with Crippen LogP contribution in [0.5, 0.6) is 11.5 Å². The number of phenols is 1. The summed E-state index contributed by atoms with van der Waals surface area (Å²) >= 11 is 8.90. The molecule has 5 nitrogen and oxygen atoms in total. The molecule has 0 saturated heterocycles. The molecule has 0 spiro atoms. The van der Waals surface area contributed by atoms with Crippen LogP contribution in [0.4, 0.5) is 5.69 Å². The van der Waals surface area contributed by atoms with Crippen LogP contribution in [0, 0.1) is 0 Å². The molecule has 0 bridgehead atoms. The van der Waals surface area contributed by atoms with Crippen LogP contribution in [0.1, 0.15) is 10.4 Å². The average Bonchev–Trinajstić information content (AvgIpc) is 2.74. The summed E-state index contributed by atoms with van der Waals surface area (Å²) in [5.74, 6) is 0.222. The van der Waals surface area contributed by atoms with Crippen LogP contribution in [0.3, 0.4) is 0 Å². The van der Waals surface area contributed by atoms with E-state index in [9.17, 15) is 9.90 Å². The van der Waals surface area contributed by atoms with Gasteiger partial charge in [0, 0.05) is 16.5 Å². The fourth-order valence-electron chi connectivity index (χ4n) is 3.38. The molecule has 0 saturated carbocycles. The van der Waals surface area contributed by atoms with E-state index in [0.29, 0.717) is 26.9 Å². The van der Waals surface area contributed by atoms with Crippen molar-refractivity contribution in [1.82, 2.24) is 5.32 Å². The largest absolute Gasteiger partial charge is 0.507 e. The summed E-state index contributed by atoms with van der Waals surface area (Å²) in [5, 5.41) is 19.3. The Kier molecular flexibility index (Phi) is 5.57. The van der Waals surface area contributed by atoms with Gasteiger partial charge in [-0.2, -0.15) is 0 Å². The van der Waals surface area contributed by atoms with Crippen molar-refractivity contribution in [3.8, 4) is 11.5 Å². The van der Waals surface area contributed by atoms with E-state index in [4.69, 9.17) is 17.0 Å². The first-order valence-corrected chi connectivity index (χ1v) is 10.3. The topological polar surface area (TPSA) is 70.6 Å². The number of ether oxygens (including phenoxy) is 1. The number of anilines is 1. The number of halogens is 1. The van der Waals surface area contributed by atoms with Crippen LogP contribution >= 0.6 is 28.1 Å². The predicted molar refractivity (Wildman–Crippen MR) is 127 cm³/mol. The zero-order chi connectivity index (χ0) is 21.3. The van der Waals surface area contributed by atoms with Crippen LogP contribution in [0.25, 0.3) is 21.5 Å². The zero-order valence-corrected chi connectivity index (χ0v) is 18.3. The minimum absolute atomic E-state index is 0.141. The maximum Gasteiger partial charge on any atom is 0.261 e. The summed E-state index contributed by atoms with van der Waals surface area (Å²) in [6.07, 6.45) is 0. The highest BCUT2D eigenvalue weighted by Crippen LogP contribution is 2.36. The summed E-state index contributed by atoms with van der Waals surface area (Å²) in [7, 11) is 1.52. The van der Waals surface area contributed by atoms with Crippen molar-refractivity contribution in [2.24, 2.45) is 0 Å². The molecule has 0 aliphatic rings. The fourth-order valence-corrected chi connectivity index (χ4v) is 4.32. The number of thiocarbonyl (C=S) groups is 1. The van der Waals surface area contributed by atoms with E-state index >= 15 is 0 Å². The van der Waals surface area contributed by atoms with Gasteiger partial charge in [0.15, 0.2) is 5.11 Å². The Hall–Kier alpha value is -3.16. The summed E-state index contributed by atoms with van der Waals surface area (Å²) in [6, 6.07) is 20.2. The minimum Gasteiger partial charge on any atom is -0.507 e.